The molecule has 3 unspecified atom stereocenters. The lowest BCUT2D eigenvalue weighted by Crippen LogP contribution is -2.45. The number of hydrazine groups is 1. The Morgan fingerprint density at radius 3 is 2.67 bits per heavy atom. The Hall–Kier alpha value is -0.910. The molecule has 3 atom stereocenters. The van der Waals surface area contributed by atoms with Gasteiger partial charge in [0.25, 0.3) is 0 Å². The third-order valence-electron chi connectivity index (χ3n) is 4.76. The maximum atomic E-state index is 11.8. The van der Waals surface area contributed by atoms with E-state index in [1.165, 1.54) is 17.4 Å². The lowest BCUT2D eigenvalue weighted by Gasteiger charge is -2.33. The highest BCUT2D eigenvalue weighted by atomic mass is 32.2. The van der Waals surface area contributed by atoms with E-state index in [2.05, 4.69) is 24.5 Å². The number of benzene rings is 1. The molecule has 0 radical (unpaired) electrons. The smallest absolute Gasteiger partial charge is 0.150 e. The summed E-state index contributed by atoms with van der Waals surface area (Å²) < 4.78 is 23.6. The fraction of sp³-hybridized carbons (Fsp3) is 0.625. The van der Waals surface area contributed by atoms with E-state index in [1.54, 1.807) is 0 Å². The van der Waals surface area contributed by atoms with Crippen LogP contribution in [0.5, 0.6) is 0 Å². The summed E-state index contributed by atoms with van der Waals surface area (Å²) in [6, 6.07) is 8.43. The van der Waals surface area contributed by atoms with Gasteiger partial charge >= 0.3 is 0 Å². The molecule has 0 saturated heterocycles. The van der Waals surface area contributed by atoms with Gasteiger partial charge in [-0.15, -0.1) is 0 Å². The molecule has 1 aliphatic carbocycles. The predicted molar refractivity (Wildman–Crippen MR) is 86.6 cm³/mol. The van der Waals surface area contributed by atoms with E-state index in [-0.39, 0.29) is 11.3 Å². The van der Waals surface area contributed by atoms with Gasteiger partial charge in [0, 0.05) is 12.3 Å². The molecule has 0 spiro atoms. The van der Waals surface area contributed by atoms with Crippen LogP contribution in [0.4, 0.5) is 0 Å². The minimum absolute atomic E-state index is 0.135. The van der Waals surface area contributed by atoms with Gasteiger partial charge in [-0.25, -0.2) is 8.42 Å². The monoisotopic (exact) mass is 310 g/mol. The van der Waals surface area contributed by atoms with Gasteiger partial charge in [0.15, 0.2) is 0 Å². The molecular formula is C16H26N2O2S. The number of sulfone groups is 1. The van der Waals surface area contributed by atoms with Gasteiger partial charge in [0.1, 0.15) is 9.84 Å². The largest absolute Gasteiger partial charge is 0.271 e. The lowest BCUT2D eigenvalue weighted by atomic mass is 9.81. The molecule has 1 aromatic carbocycles. The molecule has 1 saturated carbocycles. The average Bonchev–Trinajstić information content (AvgIpc) is 2.46. The molecule has 4 nitrogen and oxygen atoms in total. The van der Waals surface area contributed by atoms with Crippen LogP contribution in [-0.2, 0) is 16.3 Å². The molecule has 118 valence electrons. The molecular weight excluding hydrogens is 284 g/mol. The summed E-state index contributed by atoms with van der Waals surface area (Å²) in [5.41, 5.74) is 5.46. The van der Waals surface area contributed by atoms with E-state index in [1.807, 2.05) is 12.1 Å². The van der Waals surface area contributed by atoms with Crippen molar-refractivity contribution in [1.29, 1.82) is 0 Å². The van der Waals surface area contributed by atoms with Gasteiger partial charge in [0.2, 0.25) is 0 Å². The van der Waals surface area contributed by atoms with Crippen molar-refractivity contribution in [1.82, 2.24) is 5.43 Å². The minimum Gasteiger partial charge on any atom is -0.271 e. The number of aryl methyl sites for hydroxylation is 1. The van der Waals surface area contributed by atoms with Crippen LogP contribution >= 0.6 is 0 Å². The molecule has 0 heterocycles. The maximum absolute atomic E-state index is 11.8. The molecule has 3 N–H and O–H groups in total. The third kappa shape index (κ3) is 4.28. The van der Waals surface area contributed by atoms with E-state index >= 15 is 0 Å². The molecule has 0 bridgehead atoms. The van der Waals surface area contributed by atoms with Crippen LogP contribution in [-0.4, -0.2) is 26.0 Å². The molecule has 2 rings (SSSR count). The van der Waals surface area contributed by atoms with Gasteiger partial charge in [-0.1, -0.05) is 30.7 Å². The second kappa shape index (κ2) is 6.90. The number of rotatable bonds is 5. The van der Waals surface area contributed by atoms with Crippen LogP contribution in [0.15, 0.2) is 24.3 Å². The predicted octanol–water partition coefficient (Wildman–Crippen LogP) is 1.97. The molecule has 0 aromatic heterocycles. The molecule has 0 aliphatic heterocycles. The van der Waals surface area contributed by atoms with Crippen molar-refractivity contribution in [3.8, 4) is 0 Å². The topological polar surface area (TPSA) is 72.2 Å². The second-order valence-corrected chi connectivity index (χ2v) is 8.61. The molecule has 5 heteroatoms. The first-order valence-electron chi connectivity index (χ1n) is 7.61. The minimum atomic E-state index is -2.95. The number of nitrogens with one attached hydrogen (secondary N) is 1. The Labute approximate surface area is 128 Å². The van der Waals surface area contributed by atoms with Crippen LogP contribution in [0.3, 0.4) is 0 Å². The van der Waals surface area contributed by atoms with Gasteiger partial charge in [-0.3, -0.25) is 11.3 Å². The highest BCUT2D eigenvalue weighted by Gasteiger charge is 2.32. The zero-order valence-electron chi connectivity index (χ0n) is 12.9. The van der Waals surface area contributed by atoms with Crippen molar-refractivity contribution in [2.45, 2.75) is 50.3 Å². The van der Waals surface area contributed by atoms with E-state index < -0.39 is 9.84 Å². The number of hydrogen-bond acceptors (Lipinski definition) is 4. The quantitative estimate of drug-likeness (QED) is 0.644. The fourth-order valence-electron chi connectivity index (χ4n) is 3.37. The highest BCUT2D eigenvalue weighted by Crippen LogP contribution is 2.31. The van der Waals surface area contributed by atoms with Gasteiger partial charge in [-0.05, 0) is 49.7 Å². The number of nitrogens with two attached hydrogens (primary N) is 1. The Kier molecular flexibility index (Phi) is 5.41. The Bertz CT molecular complexity index is 571. The van der Waals surface area contributed by atoms with E-state index in [0.717, 1.165) is 32.1 Å². The van der Waals surface area contributed by atoms with Crippen molar-refractivity contribution in [3.63, 3.8) is 0 Å². The Morgan fingerprint density at radius 1 is 1.33 bits per heavy atom. The van der Waals surface area contributed by atoms with Crippen LogP contribution in [0.2, 0.25) is 0 Å². The normalized spacial score (nSPS) is 24.7. The summed E-state index contributed by atoms with van der Waals surface area (Å²) in [4.78, 5) is 0. The van der Waals surface area contributed by atoms with Crippen LogP contribution < -0.4 is 11.3 Å². The summed E-state index contributed by atoms with van der Waals surface area (Å²) in [5, 5.41) is -0.205. The van der Waals surface area contributed by atoms with Crippen LogP contribution in [0.1, 0.15) is 36.8 Å². The first-order chi connectivity index (χ1) is 9.91. The van der Waals surface area contributed by atoms with Gasteiger partial charge in [-0.2, -0.15) is 0 Å². The molecule has 21 heavy (non-hydrogen) atoms. The standard InChI is InChI=1S/C16H26N2O2S/c1-12-6-3-4-7-13(12)11-16(18-17)14-8-5-9-15(10-14)21(2,19)20/h3-4,6-7,14-16,18H,5,8-11,17H2,1-2H3. The van der Waals surface area contributed by atoms with E-state index in [9.17, 15) is 8.42 Å². The lowest BCUT2D eigenvalue weighted by molar-refractivity contribution is 0.269. The summed E-state index contributed by atoms with van der Waals surface area (Å²) in [5.74, 6) is 6.08. The second-order valence-electron chi connectivity index (χ2n) is 6.28. The Morgan fingerprint density at radius 2 is 2.05 bits per heavy atom. The molecule has 1 aromatic rings. The molecule has 0 amide bonds. The van der Waals surface area contributed by atoms with E-state index in [0.29, 0.717) is 5.92 Å². The average molecular weight is 310 g/mol. The van der Waals surface area contributed by atoms with Crippen molar-refractivity contribution in [2.75, 3.05) is 6.26 Å². The number of hydrogen-bond donors (Lipinski definition) is 2. The molecule has 1 fully saturated rings. The third-order valence-corrected chi connectivity index (χ3v) is 6.40. The van der Waals surface area contributed by atoms with Crippen LogP contribution in [0, 0.1) is 12.8 Å². The first kappa shape index (κ1) is 16.5. The van der Waals surface area contributed by atoms with Crippen molar-refractivity contribution in [3.05, 3.63) is 35.4 Å². The first-order valence-corrected chi connectivity index (χ1v) is 9.56. The summed E-state index contributed by atoms with van der Waals surface area (Å²) in [6.07, 6.45) is 5.73. The zero-order valence-corrected chi connectivity index (χ0v) is 13.7. The summed E-state index contributed by atoms with van der Waals surface area (Å²) in [6.45, 7) is 2.10. The summed E-state index contributed by atoms with van der Waals surface area (Å²) >= 11 is 0. The summed E-state index contributed by atoms with van der Waals surface area (Å²) in [7, 11) is -2.95. The van der Waals surface area contributed by atoms with Crippen LogP contribution in [0.25, 0.3) is 0 Å². The molecule has 1 aliphatic rings. The SMILES string of the molecule is Cc1ccccc1CC(NN)C1CCCC(S(C)(=O)=O)C1. The van der Waals surface area contributed by atoms with Crippen molar-refractivity contribution in [2.24, 2.45) is 11.8 Å². The van der Waals surface area contributed by atoms with E-state index in [4.69, 9.17) is 5.84 Å². The highest BCUT2D eigenvalue weighted by molar-refractivity contribution is 7.91. The zero-order chi connectivity index (χ0) is 15.5. The fourth-order valence-corrected chi connectivity index (χ4v) is 4.56. The van der Waals surface area contributed by atoms with Crippen molar-refractivity contribution >= 4 is 9.84 Å². The van der Waals surface area contributed by atoms with Gasteiger partial charge < -0.3 is 0 Å². The van der Waals surface area contributed by atoms with Crippen molar-refractivity contribution < 1.29 is 8.42 Å². The Balaban J connectivity index is 2.09. The van der Waals surface area contributed by atoms with Gasteiger partial charge in [0.05, 0.1) is 5.25 Å². The maximum Gasteiger partial charge on any atom is 0.150 e.